The fourth-order valence-electron chi connectivity index (χ4n) is 2.44. The first-order valence-corrected chi connectivity index (χ1v) is 9.25. The summed E-state index contributed by atoms with van der Waals surface area (Å²) in [7, 11) is 0. The van der Waals surface area contributed by atoms with E-state index < -0.39 is 0 Å². The van der Waals surface area contributed by atoms with Gasteiger partial charge >= 0.3 is 0 Å². The number of hydrogen-bond acceptors (Lipinski definition) is 6. The summed E-state index contributed by atoms with van der Waals surface area (Å²) in [6, 6.07) is 5.82. The molecule has 7 nitrogen and oxygen atoms in total. The van der Waals surface area contributed by atoms with Crippen LogP contribution >= 0.6 is 11.3 Å². The molecule has 3 rings (SSSR count). The molecule has 26 heavy (non-hydrogen) atoms. The average Bonchev–Trinajstić information content (AvgIpc) is 3.20. The van der Waals surface area contributed by atoms with Crippen LogP contribution < -0.4 is 5.32 Å². The molecule has 2 heterocycles. The third-order valence-corrected chi connectivity index (χ3v) is 4.76. The zero-order chi connectivity index (χ0) is 18.7. The van der Waals surface area contributed by atoms with Crippen LogP contribution in [-0.4, -0.2) is 32.3 Å². The SMILES string of the molecule is C/C=C(\OCCC)C(=O)Nc1ccc(-c2nn3c(C)nnc3s2)cc1C. The largest absolute Gasteiger partial charge is 0.488 e. The second-order valence-corrected chi connectivity index (χ2v) is 6.79. The molecule has 136 valence electrons. The minimum Gasteiger partial charge on any atom is -0.488 e. The second kappa shape index (κ2) is 7.65. The molecule has 0 saturated carbocycles. The third kappa shape index (κ3) is 3.60. The van der Waals surface area contributed by atoms with Crippen molar-refractivity contribution in [2.75, 3.05) is 11.9 Å². The van der Waals surface area contributed by atoms with Gasteiger partial charge in [-0.05, 0) is 57.0 Å². The number of rotatable bonds is 6. The van der Waals surface area contributed by atoms with Crippen molar-refractivity contribution in [2.45, 2.75) is 34.1 Å². The zero-order valence-corrected chi connectivity index (χ0v) is 16.1. The highest BCUT2D eigenvalue weighted by Crippen LogP contribution is 2.28. The molecule has 0 fully saturated rings. The number of benzene rings is 1. The molecule has 1 amide bonds. The summed E-state index contributed by atoms with van der Waals surface area (Å²) in [6.45, 7) is 8.13. The molecule has 3 aromatic rings. The van der Waals surface area contributed by atoms with Crippen molar-refractivity contribution < 1.29 is 9.53 Å². The predicted molar refractivity (Wildman–Crippen MR) is 102 cm³/mol. The number of aryl methyl sites for hydroxylation is 2. The van der Waals surface area contributed by atoms with Gasteiger partial charge in [-0.25, -0.2) is 0 Å². The molecular formula is C18H21N5O2S. The number of fused-ring (bicyclic) bond motifs is 1. The second-order valence-electron chi connectivity index (χ2n) is 5.83. The molecule has 0 aliphatic carbocycles. The summed E-state index contributed by atoms with van der Waals surface area (Å²) in [6.07, 6.45) is 2.53. The molecule has 0 unspecified atom stereocenters. The zero-order valence-electron chi connectivity index (χ0n) is 15.2. The summed E-state index contributed by atoms with van der Waals surface area (Å²) < 4.78 is 7.20. The van der Waals surface area contributed by atoms with Crippen molar-refractivity contribution in [3.05, 3.63) is 41.4 Å². The van der Waals surface area contributed by atoms with E-state index in [0.717, 1.165) is 39.0 Å². The van der Waals surface area contributed by atoms with Gasteiger partial charge in [-0.2, -0.15) is 9.61 Å². The number of anilines is 1. The molecule has 1 N–H and O–H groups in total. The van der Waals surface area contributed by atoms with E-state index >= 15 is 0 Å². The Morgan fingerprint density at radius 1 is 1.35 bits per heavy atom. The Kier molecular flexibility index (Phi) is 5.32. The minimum atomic E-state index is -0.244. The molecule has 0 aliphatic rings. The lowest BCUT2D eigenvalue weighted by molar-refractivity contribution is -0.116. The lowest BCUT2D eigenvalue weighted by Gasteiger charge is -2.12. The first kappa shape index (κ1) is 18.1. The molecule has 0 saturated heterocycles. The fraction of sp³-hybridized carbons (Fsp3) is 0.333. The van der Waals surface area contributed by atoms with Gasteiger partial charge in [-0.15, -0.1) is 10.2 Å². The van der Waals surface area contributed by atoms with Crippen LogP contribution in [-0.2, 0) is 9.53 Å². The van der Waals surface area contributed by atoms with Crippen molar-refractivity contribution >= 4 is 27.9 Å². The van der Waals surface area contributed by atoms with E-state index in [0.29, 0.717) is 12.4 Å². The molecule has 0 spiro atoms. The van der Waals surface area contributed by atoms with E-state index in [9.17, 15) is 4.79 Å². The van der Waals surface area contributed by atoms with E-state index in [4.69, 9.17) is 4.74 Å². The molecular weight excluding hydrogens is 350 g/mol. The van der Waals surface area contributed by atoms with E-state index in [1.54, 1.807) is 17.5 Å². The van der Waals surface area contributed by atoms with Crippen molar-refractivity contribution in [3.63, 3.8) is 0 Å². The van der Waals surface area contributed by atoms with Gasteiger partial charge in [-0.1, -0.05) is 18.3 Å². The van der Waals surface area contributed by atoms with Gasteiger partial charge in [0.05, 0.1) is 6.61 Å². The molecule has 0 radical (unpaired) electrons. The summed E-state index contributed by atoms with van der Waals surface area (Å²) in [4.78, 5) is 13.1. The van der Waals surface area contributed by atoms with Crippen molar-refractivity contribution in [2.24, 2.45) is 0 Å². The number of allylic oxidation sites excluding steroid dienone is 1. The highest BCUT2D eigenvalue weighted by atomic mass is 32.1. The van der Waals surface area contributed by atoms with E-state index in [1.165, 1.54) is 11.3 Å². The van der Waals surface area contributed by atoms with E-state index in [-0.39, 0.29) is 5.91 Å². The Morgan fingerprint density at radius 2 is 2.15 bits per heavy atom. The number of carbonyl (C=O) groups is 1. The Hall–Kier alpha value is -2.74. The lowest BCUT2D eigenvalue weighted by Crippen LogP contribution is -2.17. The number of nitrogens with one attached hydrogen (secondary N) is 1. The standard InChI is InChI=1S/C18H21N5O2S/c1-5-9-25-15(6-2)16(24)19-14-8-7-13(10-11(14)3)17-22-23-12(4)20-21-18(23)26-17/h6-8,10H,5,9H2,1-4H3,(H,19,24)/b15-6-. The number of amides is 1. The maximum Gasteiger partial charge on any atom is 0.290 e. The van der Waals surface area contributed by atoms with Crippen LogP contribution in [0.1, 0.15) is 31.7 Å². The summed E-state index contributed by atoms with van der Waals surface area (Å²) >= 11 is 1.48. The van der Waals surface area contributed by atoms with Crippen molar-refractivity contribution in [1.29, 1.82) is 0 Å². The van der Waals surface area contributed by atoms with Crippen LogP contribution in [0, 0.1) is 13.8 Å². The van der Waals surface area contributed by atoms with E-state index in [1.807, 2.05) is 39.0 Å². The fourth-order valence-corrected chi connectivity index (χ4v) is 3.33. The first-order valence-electron chi connectivity index (χ1n) is 8.43. The topological polar surface area (TPSA) is 81.4 Å². The Balaban J connectivity index is 1.80. The minimum absolute atomic E-state index is 0.244. The summed E-state index contributed by atoms with van der Waals surface area (Å²) in [5.74, 6) is 0.847. The third-order valence-electron chi connectivity index (χ3n) is 3.82. The molecule has 0 bridgehead atoms. The van der Waals surface area contributed by atoms with Crippen molar-refractivity contribution in [3.8, 4) is 10.6 Å². The number of nitrogens with zero attached hydrogens (tertiary/aromatic N) is 4. The van der Waals surface area contributed by atoms with Crippen LogP contribution in [0.15, 0.2) is 30.0 Å². The Labute approximate surface area is 155 Å². The highest BCUT2D eigenvalue weighted by Gasteiger charge is 2.14. The smallest absolute Gasteiger partial charge is 0.290 e. The quantitative estimate of drug-likeness (QED) is 0.527. The predicted octanol–water partition coefficient (Wildman–Crippen LogP) is 3.74. The van der Waals surface area contributed by atoms with Crippen LogP contribution in [0.2, 0.25) is 0 Å². The average molecular weight is 371 g/mol. The van der Waals surface area contributed by atoms with Gasteiger partial charge in [0.1, 0.15) is 5.01 Å². The van der Waals surface area contributed by atoms with Gasteiger partial charge in [0.15, 0.2) is 11.6 Å². The van der Waals surface area contributed by atoms with Gasteiger partial charge in [0, 0.05) is 11.3 Å². The van der Waals surface area contributed by atoms with Gasteiger partial charge in [-0.3, -0.25) is 4.79 Å². The molecule has 0 aliphatic heterocycles. The van der Waals surface area contributed by atoms with Crippen LogP contribution in [0.3, 0.4) is 0 Å². The molecule has 0 atom stereocenters. The number of ether oxygens (including phenoxy) is 1. The first-order chi connectivity index (χ1) is 12.5. The van der Waals surface area contributed by atoms with Gasteiger partial charge in [0.25, 0.3) is 5.91 Å². The monoisotopic (exact) mass is 371 g/mol. The van der Waals surface area contributed by atoms with Gasteiger partial charge in [0.2, 0.25) is 4.96 Å². The number of hydrogen-bond donors (Lipinski definition) is 1. The molecule has 2 aromatic heterocycles. The lowest BCUT2D eigenvalue weighted by atomic mass is 10.1. The summed E-state index contributed by atoms with van der Waals surface area (Å²) in [5.41, 5.74) is 2.67. The Bertz CT molecular complexity index is 973. The van der Waals surface area contributed by atoms with Crippen LogP contribution in [0.4, 0.5) is 5.69 Å². The Morgan fingerprint density at radius 3 is 2.81 bits per heavy atom. The normalized spacial score (nSPS) is 11.8. The van der Waals surface area contributed by atoms with Crippen LogP contribution in [0.25, 0.3) is 15.5 Å². The number of aromatic nitrogens is 4. The molecule has 1 aromatic carbocycles. The van der Waals surface area contributed by atoms with Crippen molar-refractivity contribution in [1.82, 2.24) is 19.8 Å². The summed E-state index contributed by atoms with van der Waals surface area (Å²) in [5, 5.41) is 16.4. The van der Waals surface area contributed by atoms with Crippen LogP contribution in [0.5, 0.6) is 0 Å². The highest BCUT2D eigenvalue weighted by molar-refractivity contribution is 7.19. The molecule has 8 heteroatoms. The number of carbonyl (C=O) groups excluding carboxylic acids is 1. The van der Waals surface area contributed by atoms with Gasteiger partial charge < -0.3 is 10.1 Å². The maximum absolute atomic E-state index is 12.3. The maximum atomic E-state index is 12.3. The van der Waals surface area contributed by atoms with E-state index in [2.05, 4.69) is 20.6 Å².